The monoisotopic (exact) mass is 476 g/mol. The summed E-state index contributed by atoms with van der Waals surface area (Å²) in [5.74, 6) is 1.45. The lowest BCUT2D eigenvalue weighted by Gasteiger charge is -2.31. The van der Waals surface area contributed by atoms with E-state index in [4.69, 9.17) is 4.42 Å². The zero-order valence-electron chi connectivity index (χ0n) is 19.1. The molecule has 8 heteroatoms. The highest BCUT2D eigenvalue weighted by Gasteiger charge is 2.28. The van der Waals surface area contributed by atoms with Crippen LogP contribution in [0.25, 0.3) is 11.5 Å². The molecule has 0 spiro atoms. The molecule has 0 amide bonds. The van der Waals surface area contributed by atoms with E-state index in [9.17, 15) is 13.7 Å². The fraction of sp³-hybridized carbons (Fsp3) is 0.385. The molecule has 1 aromatic heterocycles. The molecule has 0 unspecified atom stereocenters. The van der Waals surface area contributed by atoms with Gasteiger partial charge in [-0.2, -0.15) is 14.6 Å². The molecule has 176 valence electrons. The maximum atomic E-state index is 12.8. The molecule has 2 saturated heterocycles. The SMILES string of the molecule is N#Cc1nc(-c2ccc(S(=O)(=O)N3CCCC3)cc2)oc1N1CCC(Cc2ccccc2)CC1. The maximum Gasteiger partial charge on any atom is 0.243 e. The highest BCUT2D eigenvalue weighted by Crippen LogP contribution is 2.32. The first kappa shape index (κ1) is 22.6. The molecule has 3 heterocycles. The minimum absolute atomic E-state index is 0.269. The van der Waals surface area contributed by atoms with Gasteiger partial charge < -0.3 is 9.32 Å². The number of nitrogens with zero attached hydrogens (tertiary/aromatic N) is 4. The lowest BCUT2D eigenvalue weighted by Crippen LogP contribution is -2.34. The van der Waals surface area contributed by atoms with Crippen LogP contribution >= 0.6 is 0 Å². The minimum atomic E-state index is -3.47. The zero-order chi connectivity index (χ0) is 23.5. The van der Waals surface area contributed by atoms with Crippen molar-refractivity contribution in [3.05, 3.63) is 65.9 Å². The molecule has 5 rings (SSSR count). The number of nitriles is 1. The summed E-state index contributed by atoms with van der Waals surface area (Å²) in [5.41, 5.74) is 2.28. The van der Waals surface area contributed by atoms with Gasteiger partial charge in [0.05, 0.1) is 4.90 Å². The van der Waals surface area contributed by atoms with Crippen LogP contribution in [0.15, 0.2) is 63.9 Å². The second-order valence-electron chi connectivity index (χ2n) is 9.04. The normalized spacial score (nSPS) is 17.7. The first-order valence-corrected chi connectivity index (χ1v) is 13.3. The summed E-state index contributed by atoms with van der Waals surface area (Å²) in [7, 11) is -3.47. The Morgan fingerprint density at radius 2 is 1.65 bits per heavy atom. The van der Waals surface area contributed by atoms with Gasteiger partial charge in [-0.15, -0.1) is 0 Å². The van der Waals surface area contributed by atoms with Crippen LogP contribution in [0.5, 0.6) is 0 Å². The van der Waals surface area contributed by atoms with Gasteiger partial charge in [0.25, 0.3) is 0 Å². The summed E-state index contributed by atoms with van der Waals surface area (Å²) in [6, 6.07) is 19.3. The molecule has 7 nitrogen and oxygen atoms in total. The summed E-state index contributed by atoms with van der Waals surface area (Å²) in [5, 5.41) is 9.64. The fourth-order valence-electron chi connectivity index (χ4n) is 4.86. The van der Waals surface area contributed by atoms with E-state index in [2.05, 4.69) is 40.2 Å². The number of hydrogen-bond donors (Lipinski definition) is 0. The number of benzene rings is 2. The Bertz CT molecular complexity index is 1270. The predicted molar refractivity (Wildman–Crippen MR) is 130 cm³/mol. The highest BCUT2D eigenvalue weighted by atomic mass is 32.2. The van der Waals surface area contributed by atoms with Gasteiger partial charge in [-0.1, -0.05) is 30.3 Å². The Labute approximate surface area is 200 Å². The van der Waals surface area contributed by atoms with Crippen LogP contribution in [0.4, 0.5) is 5.88 Å². The summed E-state index contributed by atoms with van der Waals surface area (Å²) in [4.78, 5) is 6.77. The van der Waals surface area contributed by atoms with E-state index < -0.39 is 10.0 Å². The molecule has 2 fully saturated rings. The predicted octanol–water partition coefficient (Wildman–Crippen LogP) is 4.46. The number of piperidine rings is 1. The molecule has 0 aliphatic carbocycles. The van der Waals surface area contributed by atoms with E-state index >= 15 is 0 Å². The Balaban J connectivity index is 1.29. The topological polar surface area (TPSA) is 90.4 Å². The highest BCUT2D eigenvalue weighted by molar-refractivity contribution is 7.89. The third-order valence-electron chi connectivity index (χ3n) is 6.79. The van der Waals surface area contributed by atoms with Crippen LogP contribution in [-0.4, -0.2) is 43.9 Å². The summed E-state index contributed by atoms with van der Waals surface area (Å²) < 4.78 is 33.1. The van der Waals surface area contributed by atoms with Gasteiger partial charge in [-0.05, 0) is 67.9 Å². The summed E-state index contributed by atoms with van der Waals surface area (Å²) in [6.07, 6.45) is 4.92. The third kappa shape index (κ3) is 4.59. The van der Waals surface area contributed by atoms with E-state index in [1.807, 2.05) is 6.07 Å². The molecule has 34 heavy (non-hydrogen) atoms. The van der Waals surface area contributed by atoms with Gasteiger partial charge in [0.2, 0.25) is 27.5 Å². The Morgan fingerprint density at radius 1 is 0.971 bits per heavy atom. The average molecular weight is 477 g/mol. The molecule has 2 aromatic carbocycles. The Morgan fingerprint density at radius 3 is 2.29 bits per heavy atom. The van der Waals surface area contributed by atoms with Crippen molar-refractivity contribution in [2.45, 2.75) is 37.0 Å². The van der Waals surface area contributed by atoms with Crippen molar-refractivity contribution in [3.8, 4) is 17.5 Å². The van der Waals surface area contributed by atoms with Crippen LogP contribution in [0, 0.1) is 17.2 Å². The van der Waals surface area contributed by atoms with Crippen molar-refractivity contribution in [2.24, 2.45) is 5.92 Å². The van der Waals surface area contributed by atoms with Gasteiger partial charge in [-0.25, -0.2) is 8.42 Å². The quantitative estimate of drug-likeness (QED) is 0.522. The standard InChI is InChI=1S/C26H28N4O3S/c27-19-24-26(29-16-12-21(13-17-29)18-20-6-2-1-3-7-20)33-25(28-24)22-8-10-23(11-9-22)34(31,32)30-14-4-5-15-30/h1-3,6-11,21H,4-5,12-18H2. The van der Waals surface area contributed by atoms with E-state index in [1.54, 1.807) is 24.3 Å². The van der Waals surface area contributed by atoms with Gasteiger partial charge in [-0.3, -0.25) is 0 Å². The van der Waals surface area contributed by atoms with Crippen LogP contribution in [-0.2, 0) is 16.4 Å². The number of oxazole rings is 1. The van der Waals surface area contributed by atoms with Gasteiger partial charge >= 0.3 is 0 Å². The number of aromatic nitrogens is 1. The second kappa shape index (κ2) is 9.61. The number of rotatable bonds is 6. The molecule has 0 bridgehead atoms. The lowest BCUT2D eigenvalue weighted by molar-refractivity contribution is 0.389. The average Bonchev–Trinajstić information content (AvgIpc) is 3.56. The van der Waals surface area contributed by atoms with E-state index in [1.165, 1.54) is 9.87 Å². The van der Waals surface area contributed by atoms with Crippen molar-refractivity contribution in [1.29, 1.82) is 5.26 Å². The van der Waals surface area contributed by atoms with Crippen LogP contribution in [0.1, 0.15) is 36.9 Å². The Hall–Kier alpha value is -3.15. The molecule has 3 aromatic rings. The molecular weight excluding hydrogens is 448 g/mol. The molecule has 0 N–H and O–H groups in total. The number of hydrogen-bond acceptors (Lipinski definition) is 6. The van der Waals surface area contributed by atoms with Crippen molar-refractivity contribution >= 4 is 15.9 Å². The van der Waals surface area contributed by atoms with Crippen LogP contribution < -0.4 is 4.90 Å². The molecular formula is C26H28N4O3S. The molecule has 0 saturated carbocycles. The molecule has 0 atom stereocenters. The first-order valence-electron chi connectivity index (χ1n) is 11.8. The largest absolute Gasteiger partial charge is 0.419 e. The van der Waals surface area contributed by atoms with E-state index in [-0.39, 0.29) is 10.6 Å². The van der Waals surface area contributed by atoms with Crippen molar-refractivity contribution in [2.75, 3.05) is 31.1 Å². The summed E-state index contributed by atoms with van der Waals surface area (Å²) >= 11 is 0. The molecule has 2 aliphatic heterocycles. The van der Waals surface area contributed by atoms with Crippen LogP contribution in [0.2, 0.25) is 0 Å². The minimum Gasteiger partial charge on any atom is -0.419 e. The van der Waals surface area contributed by atoms with Gasteiger partial charge in [0.1, 0.15) is 6.07 Å². The van der Waals surface area contributed by atoms with Gasteiger partial charge in [0.15, 0.2) is 0 Å². The van der Waals surface area contributed by atoms with Crippen molar-refractivity contribution in [3.63, 3.8) is 0 Å². The van der Waals surface area contributed by atoms with Crippen molar-refractivity contribution < 1.29 is 12.8 Å². The van der Waals surface area contributed by atoms with Gasteiger partial charge in [0, 0.05) is 31.7 Å². The van der Waals surface area contributed by atoms with E-state index in [0.717, 1.165) is 45.2 Å². The molecule has 2 aliphatic rings. The smallest absolute Gasteiger partial charge is 0.243 e. The zero-order valence-corrected chi connectivity index (χ0v) is 19.9. The van der Waals surface area contributed by atoms with Crippen LogP contribution in [0.3, 0.4) is 0 Å². The summed E-state index contributed by atoms with van der Waals surface area (Å²) in [6.45, 7) is 2.77. The molecule has 0 radical (unpaired) electrons. The fourth-order valence-corrected chi connectivity index (χ4v) is 6.37. The maximum absolute atomic E-state index is 12.8. The van der Waals surface area contributed by atoms with Crippen molar-refractivity contribution in [1.82, 2.24) is 9.29 Å². The van der Waals surface area contributed by atoms with E-state index in [0.29, 0.717) is 36.3 Å². The number of anilines is 1. The second-order valence-corrected chi connectivity index (χ2v) is 11.0. The Kier molecular flexibility index (Phi) is 6.40. The lowest BCUT2D eigenvalue weighted by atomic mass is 9.90. The third-order valence-corrected chi connectivity index (χ3v) is 8.70. The first-order chi connectivity index (χ1) is 16.5. The number of sulfonamides is 1.